The first kappa shape index (κ1) is 14.1. The molecule has 1 heterocycles. The molecule has 0 atom stereocenters. The van der Waals surface area contributed by atoms with Gasteiger partial charge in [-0.15, -0.1) is 0 Å². The van der Waals surface area contributed by atoms with Gasteiger partial charge in [0.05, 0.1) is 6.26 Å². The van der Waals surface area contributed by atoms with Crippen LogP contribution >= 0.6 is 0 Å². The third-order valence-electron chi connectivity index (χ3n) is 3.75. The fourth-order valence-electron chi connectivity index (χ4n) is 2.58. The minimum atomic E-state index is 0.702. The first-order valence-corrected chi connectivity index (χ1v) is 7.18. The number of hydrogen-bond acceptors (Lipinski definition) is 2. The Kier molecular flexibility index (Phi) is 4.31. The second kappa shape index (κ2) is 5.79. The van der Waals surface area contributed by atoms with Gasteiger partial charge in [-0.2, -0.15) is 0 Å². The van der Waals surface area contributed by atoms with Gasteiger partial charge in [-0.3, -0.25) is 0 Å². The molecule has 0 aliphatic carbocycles. The van der Waals surface area contributed by atoms with E-state index in [0.717, 1.165) is 25.1 Å². The van der Waals surface area contributed by atoms with Gasteiger partial charge in [-0.25, -0.2) is 0 Å². The van der Waals surface area contributed by atoms with Gasteiger partial charge >= 0.3 is 0 Å². The summed E-state index contributed by atoms with van der Waals surface area (Å²) in [5.41, 5.74) is 6.29. The van der Waals surface area contributed by atoms with Crippen molar-refractivity contribution in [3.8, 4) is 0 Å². The van der Waals surface area contributed by atoms with Crippen molar-refractivity contribution in [2.24, 2.45) is 5.92 Å². The van der Waals surface area contributed by atoms with E-state index in [-0.39, 0.29) is 0 Å². The zero-order valence-corrected chi connectivity index (χ0v) is 12.8. The largest absolute Gasteiger partial charge is 0.464 e. The summed E-state index contributed by atoms with van der Waals surface area (Å²) in [6.07, 6.45) is 2.96. The van der Waals surface area contributed by atoms with E-state index in [1.807, 2.05) is 6.26 Å². The molecule has 104 valence electrons. The summed E-state index contributed by atoms with van der Waals surface area (Å²) >= 11 is 0. The highest BCUT2D eigenvalue weighted by molar-refractivity contribution is 5.88. The number of nitrogens with one attached hydrogen (secondary N) is 1. The zero-order chi connectivity index (χ0) is 14.0. The summed E-state index contributed by atoms with van der Waals surface area (Å²) in [6, 6.07) is 2.26. The Morgan fingerprint density at radius 3 is 2.58 bits per heavy atom. The van der Waals surface area contributed by atoms with Crippen molar-refractivity contribution in [2.45, 2.75) is 41.0 Å². The molecule has 0 amide bonds. The predicted molar refractivity (Wildman–Crippen MR) is 81.8 cm³/mol. The van der Waals surface area contributed by atoms with Crippen molar-refractivity contribution in [3.63, 3.8) is 0 Å². The average Bonchev–Trinajstić information content (AvgIpc) is 2.76. The molecule has 19 heavy (non-hydrogen) atoms. The quantitative estimate of drug-likeness (QED) is 0.816. The minimum Gasteiger partial charge on any atom is -0.464 e. The molecule has 1 aromatic carbocycles. The summed E-state index contributed by atoms with van der Waals surface area (Å²) in [5.74, 6) is 0.702. The van der Waals surface area contributed by atoms with Gasteiger partial charge in [-0.05, 0) is 68.5 Å². The van der Waals surface area contributed by atoms with E-state index in [4.69, 9.17) is 4.42 Å². The van der Waals surface area contributed by atoms with Crippen LogP contribution < -0.4 is 5.32 Å². The third kappa shape index (κ3) is 3.01. The molecule has 0 saturated heterocycles. The fourth-order valence-corrected chi connectivity index (χ4v) is 2.58. The van der Waals surface area contributed by atoms with Gasteiger partial charge in [0, 0.05) is 5.39 Å². The van der Waals surface area contributed by atoms with Crippen LogP contribution in [0.1, 0.15) is 36.1 Å². The first-order valence-electron chi connectivity index (χ1n) is 7.18. The number of aryl methyl sites for hydroxylation is 3. The van der Waals surface area contributed by atoms with Crippen molar-refractivity contribution in [3.05, 3.63) is 34.6 Å². The lowest BCUT2D eigenvalue weighted by atomic mass is 9.99. The molecular weight excluding hydrogens is 234 g/mol. The highest BCUT2D eigenvalue weighted by Gasteiger charge is 2.12. The summed E-state index contributed by atoms with van der Waals surface area (Å²) in [6.45, 7) is 13.0. The Labute approximate surface area is 116 Å². The van der Waals surface area contributed by atoms with Crippen molar-refractivity contribution in [2.75, 3.05) is 13.1 Å². The highest BCUT2D eigenvalue weighted by Crippen LogP contribution is 2.29. The van der Waals surface area contributed by atoms with Crippen LogP contribution in [-0.4, -0.2) is 13.1 Å². The molecule has 0 aliphatic heterocycles. The number of fused-ring (bicyclic) bond motifs is 1. The van der Waals surface area contributed by atoms with Gasteiger partial charge in [0.25, 0.3) is 0 Å². The zero-order valence-electron chi connectivity index (χ0n) is 12.8. The predicted octanol–water partition coefficient (Wildman–Crippen LogP) is 4.15. The molecule has 2 heteroatoms. The number of hydrogen-bond donors (Lipinski definition) is 1. The summed E-state index contributed by atoms with van der Waals surface area (Å²) in [4.78, 5) is 0. The van der Waals surface area contributed by atoms with Gasteiger partial charge in [0.15, 0.2) is 0 Å². The normalized spacial score (nSPS) is 11.7. The van der Waals surface area contributed by atoms with Crippen LogP contribution in [0.4, 0.5) is 0 Å². The third-order valence-corrected chi connectivity index (χ3v) is 3.75. The maximum Gasteiger partial charge on any atom is 0.137 e. The van der Waals surface area contributed by atoms with E-state index in [0.29, 0.717) is 5.92 Å². The Balaban J connectivity index is 2.19. The molecule has 0 unspecified atom stereocenters. The molecule has 1 aromatic heterocycles. The van der Waals surface area contributed by atoms with Crippen LogP contribution in [0, 0.1) is 26.7 Å². The Morgan fingerprint density at radius 2 is 1.89 bits per heavy atom. The maximum atomic E-state index is 5.79. The number of benzene rings is 1. The van der Waals surface area contributed by atoms with Gasteiger partial charge in [-0.1, -0.05) is 19.9 Å². The van der Waals surface area contributed by atoms with Crippen molar-refractivity contribution in [1.82, 2.24) is 5.32 Å². The van der Waals surface area contributed by atoms with Crippen LogP contribution in [0.15, 0.2) is 16.7 Å². The summed E-state index contributed by atoms with van der Waals surface area (Å²) < 4.78 is 5.79. The molecule has 1 N–H and O–H groups in total. The summed E-state index contributed by atoms with van der Waals surface area (Å²) in [7, 11) is 0. The number of rotatable bonds is 5. The molecule has 0 fully saturated rings. The van der Waals surface area contributed by atoms with E-state index in [9.17, 15) is 0 Å². The van der Waals surface area contributed by atoms with Crippen molar-refractivity contribution in [1.29, 1.82) is 0 Å². The molecule has 0 radical (unpaired) electrons. The average molecular weight is 259 g/mol. The lowest BCUT2D eigenvalue weighted by Gasteiger charge is -2.08. The van der Waals surface area contributed by atoms with Crippen molar-refractivity contribution >= 4 is 11.0 Å². The molecular formula is C17H25NO. The van der Waals surface area contributed by atoms with Crippen molar-refractivity contribution < 1.29 is 4.42 Å². The maximum absolute atomic E-state index is 5.79. The van der Waals surface area contributed by atoms with E-state index in [2.05, 4.69) is 46.0 Å². The van der Waals surface area contributed by atoms with Crippen LogP contribution in [0.5, 0.6) is 0 Å². The second-order valence-electron chi connectivity index (χ2n) is 5.95. The highest BCUT2D eigenvalue weighted by atomic mass is 16.3. The second-order valence-corrected chi connectivity index (χ2v) is 5.95. The van der Waals surface area contributed by atoms with E-state index < -0.39 is 0 Å². The minimum absolute atomic E-state index is 0.702. The topological polar surface area (TPSA) is 25.2 Å². The van der Waals surface area contributed by atoms with Crippen LogP contribution in [0.3, 0.4) is 0 Å². The fraction of sp³-hybridized carbons (Fsp3) is 0.529. The standard InChI is InChI=1S/C17H25NO/c1-11(2)9-18-7-6-15-10-19-17-14(5)12(3)8-13(4)16(15)17/h8,10-11,18H,6-7,9H2,1-5H3. The molecule has 2 aromatic rings. The molecule has 0 spiro atoms. The number of furan rings is 1. The van der Waals surface area contributed by atoms with Crippen LogP contribution in [0.25, 0.3) is 11.0 Å². The van der Waals surface area contributed by atoms with E-state index in [1.54, 1.807) is 0 Å². The van der Waals surface area contributed by atoms with Crippen LogP contribution in [0.2, 0.25) is 0 Å². The smallest absolute Gasteiger partial charge is 0.137 e. The molecule has 0 bridgehead atoms. The lowest BCUT2D eigenvalue weighted by molar-refractivity contribution is 0.552. The molecule has 0 saturated carbocycles. The lowest BCUT2D eigenvalue weighted by Crippen LogP contribution is -2.22. The Bertz CT molecular complexity index is 566. The monoisotopic (exact) mass is 259 g/mol. The molecule has 0 aliphatic rings. The molecule has 2 rings (SSSR count). The SMILES string of the molecule is Cc1cc(C)c2c(CCNCC(C)C)coc2c1C. The van der Waals surface area contributed by atoms with Crippen LogP contribution in [-0.2, 0) is 6.42 Å². The Morgan fingerprint density at radius 1 is 1.16 bits per heavy atom. The van der Waals surface area contributed by atoms with Gasteiger partial charge < -0.3 is 9.73 Å². The summed E-state index contributed by atoms with van der Waals surface area (Å²) in [5, 5.41) is 4.81. The first-order chi connectivity index (χ1) is 9.00. The van der Waals surface area contributed by atoms with E-state index in [1.165, 1.54) is 27.6 Å². The van der Waals surface area contributed by atoms with E-state index >= 15 is 0 Å². The molecule has 2 nitrogen and oxygen atoms in total. The van der Waals surface area contributed by atoms with Gasteiger partial charge in [0.1, 0.15) is 5.58 Å². The Hall–Kier alpha value is -1.28. The van der Waals surface area contributed by atoms with Gasteiger partial charge in [0.2, 0.25) is 0 Å².